The van der Waals surface area contributed by atoms with Gasteiger partial charge < -0.3 is 0 Å². The van der Waals surface area contributed by atoms with Gasteiger partial charge in [-0.1, -0.05) is 182 Å². The number of nitrogens with zero attached hydrogens (tertiary/aromatic N) is 6. The van der Waals surface area contributed by atoms with Crippen molar-refractivity contribution in [1.29, 1.82) is 0 Å². The fourth-order valence-corrected chi connectivity index (χ4v) is 7.20. The highest BCUT2D eigenvalue weighted by molar-refractivity contribution is 7.99. The average molecular weight is 725 g/mol. The largest absolute Gasteiger partial charge is 0.208 e. The molecule has 0 atom stereocenters. The van der Waals surface area contributed by atoms with Crippen LogP contribution < -0.4 is 0 Å². The minimum atomic E-state index is 0.610. The van der Waals surface area contributed by atoms with E-state index in [1.54, 1.807) is 11.8 Å². The highest BCUT2D eigenvalue weighted by Crippen LogP contribution is 2.34. The van der Waals surface area contributed by atoms with Crippen LogP contribution in [-0.2, 0) is 0 Å². The van der Waals surface area contributed by atoms with Gasteiger partial charge in [0.15, 0.2) is 34.9 Å². The first-order chi connectivity index (χ1) is 27.2. The van der Waals surface area contributed by atoms with Crippen molar-refractivity contribution in [3.63, 3.8) is 0 Å². The quantitative estimate of drug-likeness (QED) is 0.147. The van der Waals surface area contributed by atoms with Crippen molar-refractivity contribution in [3.05, 3.63) is 194 Å². The molecule has 0 spiro atoms. The topological polar surface area (TPSA) is 77.3 Å². The Morgan fingerprint density at radius 3 is 0.836 bits per heavy atom. The van der Waals surface area contributed by atoms with Crippen molar-refractivity contribution in [2.45, 2.75) is 9.79 Å². The second kappa shape index (κ2) is 15.5. The van der Waals surface area contributed by atoms with Crippen LogP contribution in [0.4, 0.5) is 0 Å². The van der Waals surface area contributed by atoms with E-state index in [1.807, 2.05) is 121 Å². The Labute approximate surface area is 323 Å². The third-order valence-electron chi connectivity index (χ3n) is 9.04. The zero-order valence-corrected chi connectivity index (χ0v) is 30.4. The molecule has 0 amide bonds. The van der Waals surface area contributed by atoms with Crippen molar-refractivity contribution in [1.82, 2.24) is 29.9 Å². The summed E-state index contributed by atoms with van der Waals surface area (Å²) in [5.41, 5.74) is 7.84. The predicted molar refractivity (Wildman–Crippen MR) is 222 cm³/mol. The number of hydrogen-bond donors (Lipinski definition) is 0. The van der Waals surface area contributed by atoms with Gasteiger partial charge in [-0.05, 0) is 35.4 Å². The summed E-state index contributed by atoms with van der Waals surface area (Å²) in [6.45, 7) is 0. The molecule has 2 aromatic heterocycles. The number of aromatic nitrogens is 6. The summed E-state index contributed by atoms with van der Waals surface area (Å²) in [6.07, 6.45) is 0. The molecule has 6 nitrogen and oxygen atoms in total. The van der Waals surface area contributed by atoms with E-state index in [-0.39, 0.29) is 0 Å². The third kappa shape index (κ3) is 7.69. The summed E-state index contributed by atoms with van der Waals surface area (Å²) in [5.74, 6) is 3.74. The molecule has 0 radical (unpaired) electrons. The Hall–Kier alpha value is -7.09. The molecule has 260 valence electrons. The van der Waals surface area contributed by atoms with Gasteiger partial charge in [-0.3, -0.25) is 0 Å². The maximum Gasteiger partial charge on any atom is 0.164 e. The monoisotopic (exact) mass is 724 g/mol. The molecule has 0 aliphatic heterocycles. The van der Waals surface area contributed by atoms with Crippen molar-refractivity contribution in [2.24, 2.45) is 0 Å². The molecule has 2 heterocycles. The Bertz CT molecular complexity index is 2650. The lowest BCUT2D eigenvalue weighted by Gasteiger charge is -2.11. The van der Waals surface area contributed by atoms with Gasteiger partial charge in [-0.15, -0.1) is 0 Å². The lowest BCUT2D eigenvalue weighted by Crippen LogP contribution is -2.00. The van der Waals surface area contributed by atoms with Gasteiger partial charge in [0.2, 0.25) is 0 Å². The number of rotatable bonds is 9. The molecule has 0 saturated carbocycles. The van der Waals surface area contributed by atoms with Crippen LogP contribution in [0.25, 0.3) is 79.5 Å². The van der Waals surface area contributed by atoms with Crippen molar-refractivity contribution in [3.8, 4) is 79.5 Å². The molecule has 0 saturated heterocycles. The fraction of sp³-hybridized carbons (Fsp3) is 0. The first-order valence-electron chi connectivity index (χ1n) is 17.9. The van der Waals surface area contributed by atoms with Gasteiger partial charge in [0, 0.05) is 43.2 Å². The van der Waals surface area contributed by atoms with Crippen LogP contribution in [0.5, 0.6) is 0 Å². The second-order valence-corrected chi connectivity index (χ2v) is 14.0. The van der Waals surface area contributed by atoms with E-state index in [1.165, 1.54) is 0 Å². The molecular formula is C48H32N6S. The minimum Gasteiger partial charge on any atom is -0.208 e. The van der Waals surface area contributed by atoms with Crippen LogP contribution in [0.3, 0.4) is 0 Å². The Balaban J connectivity index is 1.05. The van der Waals surface area contributed by atoms with Gasteiger partial charge in [-0.2, -0.15) is 0 Å². The van der Waals surface area contributed by atoms with Gasteiger partial charge in [0.25, 0.3) is 0 Å². The van der Waals surface area contributed by atoms with Crippen LogP contribution in [0.15, 0.2) is 204 Å². The molecular weight excluding hydrogens is 693 g/mol. The summed E-state index contributed by atoms with van der Waals surface area (Å²) < 4.78 is 0. The molecule has 0 aliphatic carbocycles. The lowest BCUT2D eigenvalue weighted by atomic mass is 10.0. The van der Waals surface area contributed by atoms with E-state index in [4.69, 9.17) is 29.9 Å². The Morgan fingerprint density at radius 1 is 0.218 bits per heavy atom. The summed E-state index contributed by atoms with van der Waals surface area (Å²) >= 11 is 1.66. The van der Waals surface area contributed by atoms with Crippen LogP contribution >= 0.6 is 11.8 Å². The summed E-state index contributed by atoms with van der Waals surface area (Å²) in [7, 11) is 0. The molecule has 9 rings (SSSR count). The Kier molecular flexibility index (Phi) is 9.49. The number of hydrogen-bond acceptors (Lipinski definition) is 7. The zero-order chi connectivity index (χ0) is 36.8. The SMILES string of the molecule is c1ccc(-c2ccc(-c3nc(-c4ccccc4)nc(-c4cccc(Sc5cccc(-c6nc(-c7ccccc7)nc(-c7ccccc7)n6)c5)c4)n3)cc2)cc1. The van der Waals surface area contributed by atoms with Crippen LogP contribution in [0, 0.1) is 0 Å². The molecule has 7 heteroatoms. The minimum absolute atomic E-state index is 0.610. The smallest absolute Gasteiger partial charge is 0.164 e. The van der Waals surface area contributed by atoms with E-state index in [0.717, 1.165) is 54.3 Å². The number of benzene rings is 7. The van der Waals surface area contributed by atoms with Crippen LogP contribution in [0.2, 0.25) is 0 Å². The van der Waals surface area contributed by atoms with Crippen molar-refractivity contribution < 1.29 is 0 Å². The summed E-state index contributed by atoms with van der Waals surface area (Å²) in [4.78, 5) is 31.8. The zero-order valence-electron chi connectivity index (χ0n) is 29.6. The first kappa shape index (κ1) is 33.7. The van der Waals surface area contributed by atoms with Crippen molar-refractivity contribution >= 4 is 11.8 Å². The van der Waals surface area contributed by atoms with E-state index < -0.39 is 0 Å². The molecule has 0 fully saturated rings. The normalized spacial score (nSPS) is 11.0. The van der Waals surface area contributed by atoms with E-state index in [2.05, 4.69) is 72.8 Å². The molecule has 9 aromatic rings. The van der Waals surface area contributed by atoms with E-state index in [0.29, 0.717) is 34.9 Å². The third-order valence-corrected chi connectivity index (χ3v) is 10.0. The van der Waals surface area contributed by atoms with Crippen molar-refractivity contribution in [2.75, 3.05) is 0 Å². The highest BCUT2D eigenvalue weighted by atomic mass is 32.2. The van der Waals surface area contributed by atoms with Gasteiger partial charge in [0.1, 0.15) is 0 Å². The maximum atomic E-state index is 5.02. The van der Waals surface area contributed by atoms with Gasteiger partial charge >= 0.3 is 0 Å². The van der Waals surface area contributed by atoms with Crippen LogP contribution in [-0.4, -0.2) is 29.9 Å². The lowest BCUT2D eigenvalue weighted by molar-refractivity contribution is 1.07. The maximum absolute atomic E-state index is 5.02. The molecule has 0 N–H and O–H groups in total. The summed E-state index contributed by atoms with van der Waals surface area (Å²) in [5, 5.41) is 0. The molecule has 55 heavy (non-hydrogen) atoms. The second-order valence-electron chi connectivity index (χ2n) is 12.8. The molecule has 0 aliphatic rings. The summed E-state index contributed by atoms with van der Waals surface area (Å²) in [6, 6.07) is 65.5. The first-order valence-corrected chi connectivity index (χ1v) is 18.8. The van der Waals surface area contributed by atoms with E-state index in [9.17, 15) is 0 Å². The molecule has 7 aromatic carbocycles. The fourth-order valence-electron chi connectivity index (χ4n) is 6.26. The van der Waals surface area contributed by atoms with Gasteiger partial charge in [-0.25, -0.2) is 29.9 Å². The van der Waals surface area contributed by atoms with E-state index >= 15 is 0 Å². The standard InChI is InChI=1S/C48H32N6S/c1-5-15-33(16-6-1)34-27-29-38(30-28-34)46-50-45(37-21-11-4-12-22-37)53-48(54-46)40-24-14-26-42(32-40)55-41-25-13-23-39(31-41)47-51-43(35-17-7-2-8-18-35)49-44(52-47)36-19-9-3-10-20-36/h1-32H. The van der Waals surface area contributed by atoms with Crippen LogP contribution in [0.1, 0.15) is 0 Å². The Morgan fingerprint density at radius 2 is 0.473 bits per heavy atom. The average Bonchev–Trinajstić information content (AvgIpc) is 3.27. The molecule has 0 bridgehead atoms. The molecule has 0 unspecified atom stereocenters. The van der Waals surface area contributed by atoms with Gasteiger partial charge in [0.05, 0.1) is 0 Å². The highest BCUT2D eigenvalue weighted by Gasteiger charge is 2.15. The predicted octanol–water partition coefficient (Wildman–Crippen LogP) is 11.9.